The number of rotatable bonds is 11. The molecule has 1 heterocycles. The highest BCUT2D eigenvalue weighted by Crippen LogP contribution is 2.32. The molecule has 7 rings (SSSR count). The molecule has 1 aliphatic rings. The van der Waals surface area contributed by atoms with Crippen LogP contribution in [0.15, 0.2) is 164 Å². The standard InChI is InChI=1S/C44H29NO8/c46-37(28-14-5-1-6-15-28)39(30-18-9-3-10-19-30)52-43(50)32-22-13-23-34(26-32)45-41(48)35-25-24-33(27-36(35)42(45)49)44(51)53-40(31-20-11-4-12-21-31)38(47)29-16-7-2-8-17-29/h1-27,39-40H/t39-,40-/m0/s1. The van der Waals surface area contributed by atoms with Crippen molar-refractivity contribution in [1.82, 2.24) is 0 Å². The molecule has 0 aromatic heterocycles. The third-order valence-corrected chi connectivity index (χ3v) is 8.71. The van der Waals surface area contributed by atoms with Crippen molar-refractivity contribution in [2.75, 3.05) is 4.90 Å². The van der Waals surface area contributed by atoms with Crippen LogP contribution in [-0.2, 0) is 9.47 Å². The van der Waals surface area contributed by atoms with Crippen molar-refractivity contribution in [2.24, 2.45) is 0 Å². The molecule has 0 bridgehead atoms. The molecule has 0 N–H and O–H groups in total. The number of nitrogens with zero attached hydrogens (tertiary/aromatic N) is 1. The summed E-state index contributed by atoms with van der Waals surface area (Å²) in [4.78, 5) is 82.2. The molecule has 53 heavy (non-hydrogen) atoms. The van der Waals surface area contributed by atoms with Crippen LogP contribution in [0.25, 0.3) is 0 Å². The molecule has 0 saturated carbocycles. The fourth-order valence-electron chi connectivity index (χ4n) is 6.03. The van der Waals surface area contributed by atoms with Gasteiger partial charge >= 0.3 is 11.9 Å². The van der Waals surface area contributed by atoms with Crippen molar-refractivity contribution >= 4 is 41.0 Å². The van der Waals surface area contributed by atoms with Crippen molar-refractivity contribution < 1.29 is 38.2 Å². The van der Waals surface area contributed by atoms with E-state index in [2.05, 4.69) is 0 Å². The van der Waals surface area contributed by atoms with Crippen molar-refractivity contribution in [1.29, 1.82) is 0 Å². The number of ketones is 2. The number of hydrogen-bond donors (Lipinski definition) is 0. The second-order valence-electron chi connectivity index (χ2n) is 12.1. The molecule has 9 heteroatoms. The first-order chi connectivity index (χ1) is 25.8. The van der Waals surface area contributed by atoms with Gasteiger partial charge in [-0.1, -0.05) is 127 Å². The molecule has 0 unspecified atom stereocenters. The zero-order valence-electron chi connectivity index (χ0n) is 28.0. The van der Waals surface area contributed by atoms with Gasteiger partial charge in [-0.2, -0.15) is 0 Å². The SMILES string of the molecule is O=C(O[C@H](C(=O)c1ccccc1)c1ccccc1)c1cccc(N2C(=O)c3ccc(C(=O)O[C@H](C(=O)c4ccccc4)c4ccccc4)cc3C2=O)c1. The van der Waals surface area contributed by atoms with Crippen molar-refractivity contribution in [3.05, 3.63) is 208 Å². The first-order valence-corrected chi connectivity index (χ1v) is 16.6. The maximum absolute atomic E-state index is 13.7. The van der Waals surface area contributed by atoms with Crippen molar-refractivity contribution in [3.63, 3.8) is 0 Å². The minimum Gasteiger partial charge on any atom is -0.445 e. The molecule has 0 aliphatic carbocycles. The average molecular weight is 700 g/mol. The summed E-state index contributed by atoms with van der Waals surface area (Å²) in [5.41, 5.74) is 1.67. The van der Waals surface area contributed by atoms with E-state index < -0.39 is 47.5 Å². The summed E-state index contributed by atoms with van der Waals surface area (Å²) < 4.78 is 11.5. The highest BCUT2D eigenvalue weighted by atomic mass is 16.6. The van der Waals surface area contributed by atoms with Gasteiger partial charge in [0.15, 0.2) is 12.2 Å². The van der Waals surface area contributed by atoms with Crippen LogP contribution >= 0.6 is 0 Å². The zero-order valence-corrected chi connectivity index (χ0v) is 28.0. The first kappa shape index (κ1) is 34.2. The zero-order chi connectivity index (χ0) is 36.9. The number of imide groups is 1. The fraction of sp³-hybridized carbons (Fsp3) is 0.0455. The van der Waals surface area contributed by atoms with Gasteiger partial charge in [0, 0.05) is 22.3 Å². The molecule has 258 valence electrons. The Bertz CT molecular complexity index is 2360. The van der Waals surface area contributed by atoms with Gasteiger partial charge < -0.3 is 9.47 Å². The molecule has 6 aromatic carbocycles. The third-order valence-electron chi connectivity index (χ3n) is 8.71. The van der Waals surface area contributed by atoms with Gasteiger partial charge in [0.05, 0.1) is 27.9 Å². The summed E-state index contributed by atoms with van der Waals surface area (Å²) in [6.07, 6.45) is -2.52. The topological polar surface area (TPSA) is 124 Å². The van der Waals surface area contributed by atoms with Gasteiger partial charge in [-0.25, -0.2) is 14.5 Å². The van der Waals surface area contributed by atoms with E-state index in [1.54, 1.807) is 121 Å². The molecule has 0 saturated heterocycles. The molecule has 0 spiro atoms. The summed E-state index contributed by atoms with van der Waals surface area (Å²) in [6, 6.07) is 43.8. The summed E-state index contributed by atoms with van der Waals surface area (Å²) in [5, 5.41) is 0. The molecular weight excluding hydrogens is 670 g/mol. The second kappa shape index (κ2) is 14.9. The summed E-state index contributed by atoms with van der Waals surface area (Å²) in [5.74, 6) is -3.96. The highest BCUT2D eigenvalue weighted by molar-refractivity contribution is 6.34. The van der Waals surface area contributed by atoms with Crippen LogP contribution < -0.4 is 4.90 Å². The van der Waals surface area contributed by atoms with E-state index >= 15 is 0 Å². The summed E-state index contributed by atoms with van der Waals surface area (Å²) >= 11 is 0. The van der Waals surface area contributed by atoms with E-state index in [-0.39, 0.29) is 27.9 Å². The lowest BCUT2D eigenvalue weighted by Crippen LogP contribution is -2.29. The number of anilines is 1. The number of Topliss-reactive ketones (excluding diaryl/α,β-unsaturated/α-hetero) is 2. The Morgan fingerprint density at radius 2 is 0.830 bits per heavy atom. The van der Waals surface area contributed by atoms with Gasteiger partial charge in [-0.15, -0.1) is 0 Å². The Morgan fingerprint density at radius 3 is 1.32 bits per heavy atom. The van der Waals surface area contributed by atoms with Crippen LogP contribution in [0.1, 0.15) is 85.5 Å². The minimum atomic E-state index is -1.26. The van der Waals surface area contributed by atoms with E-state index in [9.17, 15) is 28.8 Å². The summed E-state index contributed by atoms with van der Waals surface area (Å²) in [7, 11) is 0. The Labute approximate surface area is 304 Å². The quantitative estimate of drug-likeness (QED) is 0.0756. The second-order valence-corrected chi connectivity index (χ2v) is 12.1. The van der Waals surface area contributed by atoms with Crippen LogP contribution in [0.5, 0.6) is 0 Å². The first-order valence-electron chi connectivity index (χ1n) is 16.6. The molecular formula is C44H29NO8. The smallest absolute Gasteiger partial charge is 0.339 e. The number of carbonyl (C=O) groups is 6. The Hall–Kier alpha value is -7.26. The predicted molar refractivity (Wildman–Crippen MR) is 195 cm³/mol. The minimum absolute atomic E-state index is 0.000141. The number of carbonyl (C=O) groups excluding carboxylic acids is 6. The van der Waals surface area contributed by atoms with Gasteiger partial charge in [-0.05, 0) is 36.4 Å². The molecule has 0 radical (unpaired) electrons. The maximum Gasteiger partial charge on any atom is 0.339 e. The third kappa shape index (κ3) is 7.04. The number of benzene rings is 6. The maximum atomic E-state index is 13.7. The van der Waals surface area contributed by atoms with Crippen molar-refractivity contribution in [2.45, 2.75) is 12.2 Å². The van der Waals surface area contributed by atoms with Crippen molar-refractivity contribution in [3.8, 4) is 0 Å². The molecule has 1 aliphatic heterocycles. The number of esters is 2. The average Bonchev–Trinajstić information content (AvgIpc) is 3.47. The van der Waals surface area contributed by atoms with Gasteiger partial charge in [0.2, 0.25) is 11.6 Å². The lowest BCUT2D eigenvalue weighted by atomic mass is 9.99. The molecule has 2 amide bonds. The van der Waals surface area contributed by atoms with Gasteiger partial charge in [0.1, 0.15) is 0 Å². The number of hydrogen-bond acceptors (Lipinski definition) is 8. The molecule has 6 aromatic rings. The Kier molecular flexibility index (Phi) is 9.63. The predicted octanol–water partition coefficient (Wildman–Crippen LogP) is 8.05. The fourth-order valence-corrected chi connectivity index (χ4v) is 6.03. The van der Waals surface area contributed by atoms with Gasteiger partial charge in [-0.3, -0.25) is 19.2 Å². The molecule has 2 atom stereocenters. The van der Waals surface area contributed by atoms with Crippen LogP contribution in [-0.4, -0.2) is 35.3 Å². The van der Waals surface area contributed by atoms with Crippen LogP contribution in [0.4, 0.5) is 5.69 Å². The highest BCUT2D eigenvalue weighted by Gasteiger charge is 2.38. The lowest BCUT2D eigenvalue weighted by molar-refractivity contribution is 0.0278. The van der Waals surface area contributed by atoms with E-state index in [0.717, 1.165) is 4.90 Å². The van der Waals surface area contributed by atoms with Gasteiger partial charge in [0.25, 0.3) is 11.8 Å². The van der Waals surface area contributed by atoms with Crippen LogP contribution in [0, 0.1) is 0 Å². The molecule has 9 nitrogen and oxygen atoms in total. The normalized spacial score (nSPS) is 13.1. The number of ether oxygens (including phenoxy) is 2. The monoisotopic (exact) mass is 699 g/mol. The van der Waals surface area contributed by atoms with E-state index in [1.807, 2.05) is 0 Å². The van der Waals surface area contributed by atoms with E-state index in [1.165, 1.54) is 42.5 Å². The van der Waals surface area contributed by atoms with E-state index in [0.29, 0.717) is 22.3 Å². The van der Waals surface area contributed by atoms with Crippen LogP contribution in [0.3, 0.4) is 0 Å². The number of fused-ring (bicyclic) bond motifs is 1. The van der Waals surface area contributed by atoms with Crippen LogP contribution in [0.2, 0.25) is 0 Å². The lowest BCUT2D eigenvalue weighted by Gasteiger charge is -2.19. The summed E-state index contributed by atoms with van der Waals surface area (Å²) in [6.45, 7) is 0. The largest absolute Gasteiger partial charge is 0.445 e. The van der Waals surface area contributed by atoms with E-state index in [4.69, 9.17) is 9.47 Å². The Balaban J connectivity index is 1.12. The number of amides is 2. The molecule has 0 fully saturated rings. The Morgan fingerprint density at radius 1 is 0.415 bits per heavy atom.